The fourth-order valence-electron chi connectivity index (χ4n) is 1.42. The zero-order valence-corrected chi connectivity index (χ0v) is 13.2. The van der Waals surface area contributed by atoms with E-state index in [1.54, 1.807) is 0 Å². The summed E-state index contributed by atoms with van der Waals surface area (Å²) in [6, 6.07) is 6.76. The Morgan fingerprint density at radius 1 is 0.789 bits per heavy atom. The topological polar surface area (TPSA) is 34.1 Å². The van der Waals surface area contributed by atoms with E-state index in [1.165, 1.54) is 12.1 Å². The van der Waals surface area contributed by atoms with Gasteiger partial charge in [0.2, 0.25) is 9.84 Å². The minimum atomic E-state index is -3.81. The number of hydrogen-bond donors (Lipinski definition) is 0. The average Bonchev–Trinajstić information content (AvgIpc) is 2.35. The Bertz CT molecular complexity index is 688. The van der Waals surface area contributed by atoms with Crippen LogP contribution in [0.5, 0.6) is 0 Å². The van der Waals surface area contributed by atoms with E-state index in [2.05, 4.69) is 31.9 Å². The summed E-state index contributed by atoms with van der Waals surface area (Å²) in [6.07, 6.45) is 0. The van der Waals surface area contributed by atoms with Crippen molar-refractivity contribution in [1.82, 2.24) is 0 Å². The highest BCUT2D eigenvalue weighted by Gasteiger charge is 2.20. The molecule has 19 heavy (non-hydrogen) atoms. The van der Waals surface area contributed by atoms with E-state index < -0.39 is 21.5 Å². The van der Waals surface area contributed by atoms with E-state index in [0.717, 1.165) is 24.3 Å². The molecule has 2 rings (SSSR count). The molecule has 0 N–H and O–H groups in total. The lowest BCUT2D eigenvalue weighted by molar-refractivity contribution is 0.592. The van der Waals surface area contributed by atoms with Crippen molar-refractivity contribution < 1.29 is 17.2 Å². The standard InChI is InChI=1S/C12H6Br2F2O2S/c13-9-5-7(1-3-11(9)15)19(17,18)8-2-4-12(16)10(14)6-8/h1-6H. The molecule has 2 aromatic carbocycles. The Labute approximate surface area is 125 Å². The zero-order valence-electron chi connectivity index (χ0n) is 9.20. The third kappa shape index (κ3) is 2.88. The van der Waals surface area contributed by atoms with Crippen LogP contribution in [0.1, 0.15) is 0 Å². The van der Waals surface area contributed by atoms with Crippen molar-refractivity contribution in [3.63, 3.8) is 0 Å². The van der Waals surface area contributed by atoms with Crippen molar-refractivity contribution in [3.05, 3.63) is 57.0 Å². The molecule has 0 aliphatic rings. The van der Waals surface area contributed by atoms with Gasteiger partial charge in [0.1, 0.15) is 11.6 Å². The lowest BCUT2D eigenvalue weighted by Crippen LogP contribution is -2.02. The summed E-state index contributed by atoms with van der Waals surface area (Å²) in [6.45, 7) is 0. The Hall–Kier alpha value is -0.790. The molecule has 100 valence electrons. The summed E-state index contributed by atoms with van der Waals surface area (Å²) in [4.78, 5) is -0.140. The SMILES string of the molecule is O=S(=O)(c1ccc(F)c(Br)c1)c1ccc(F)c(Br)c1. The van der Waals surface area contributed by atoms with Gasteiger partial charge < -0.3 is 0 Å². The van der Waals surface area contributed by atoms with Crippen LogP contribution in [-0.2, 0) is 9.84 Å². The van der Waals surface area contributed by atoms with Gasteiger partial charge in [0.25, 0.3) is 0 Å². The molecular formula is C12H6Br2F2O2S. The van der Waals surface area contributed by atoms with Crippen molar-refractivity contribution in [2.24, 2.45) is 0 Å². The predicted molar refractivity (Wildman–Crippen MR) is 73.7 cm³/mol. The van der Waals surface area contributed by atoms with Gasteiger partial charge in [0.05, 0.1) is 18.7 Å². The van der Waals surface area contributed by atoms with Crippen LogP contribution in [0, 0.1) is 11.6 Å². The molecule has 0 saturated carbocycles. The van der Waals surface area contributed by atoms with E-state index in [0.29, 0.717) is 0 Å². The van der Waals surface area contributed by atoms with Crippen LogP contribution in [0.3, 0.4) is 0 Å². The third-order valence-corrected chi connectivity index (χ3v) is 5.37. The largest absolute Gasteiger partial charge is 0.219 e. The molecule has 0 aromatic heterocycles. The number of sulfone groups is 1. The number of halogens is 4. The first-order chi connectivity index (χ1) is 8.82. The molecule has 0 heterocycles. The summed E-state index contributed by atoms with van der Waals surface area (Å²) < 4.78 is 50.9. The summed E-state index contributed by atoms with van der Waals surface area (Å²) in [5.74, 6) is -1.11. The van der Waals surface area contributed by atoms with Crippen LogP contribution in [0.4, 0.5) is 8.78 Å². The number of hydrogen-bond acceptors (Lipinski definition) is 2. The first-order valence-electron chi connectivity index (χ1n) is 4.97. The second-order valence-corrected chi connectivity index (χ2v) is 7.31. The van der Waals surface area contributed by atoms with Gasteiger partial charge in [-0.15, -0.1) is 0 Å². The van der Waals surface area contributed by atoms with Gasteiger partial charge in [0, 0.05) is 0 Å². The van der Waals surface area contributed by atoms with Crippen molar-refractivity contribution in [2.45, 2.75) is 9.79 Å². The first-order valence-corrected chi connectivity index (χ1v) is 8.04. The van der Waals surface area contributed by atoms with E-state index in [4.69, 9.17) is 0 Å². The van der Waals surface area contributed by atoms with Crippen LogP contribution >= 0.6 is 31.9 Å². The molecule has 0 aliphatic heterocycles. The second-order valence-electron chi connectivity index (χ2n) is 3.66. The first kappa shape index (κ1) is 14.6. The lowest BCUT2D eigenvalue weighted by Gasteiger charge is -2.06. The molecule has 0 unspecified atom stereocenters. The smallest absolute Gasteiger partial charge is 0.206 e. The van der Waals surface area contributed by atoms with Gasteiger partial charge >= 0.3 is 0 Å². The maximum atomic E-state index is 13.1. The molecule has 0 fully saturated rings. The number of benzene rings is 2. The Balaban J connectivity index is 2.58. The van der Waals surface area contributed by atoms with Gasteiger partial charge in [-0.1, -0.05) is 0 Å². The fraction of sp³-hybridized carbons (Fsp3) is 0. The van der Waals surface area contributed by atoms with Crippen molar-refractivity contribution in [2.75, 3.05) is 0 Å². The highest BCUT2D eigenvalue weighted by atomic mass is 79.9. The van der Waals surface area contributed by atoms with Gasteiger partial charge in [-0.3, -0.25) is 0 Å². The van der Waals surface area contributed by atoms with Crippen LogP contribution in [0.25, 0.3) is 0 Å². The minimum absolute atomic E-state index is 0.0507. The van der Waals surface area contributed by atoms with Gasteiger partial charge in [-0.05, 0) is 68.3 Å². The molecule has 2 aromatic rings. The maximum absolute atomic E-state index is 13.1. The molecule has 2 nitrogen and oxygen atoms in total. The van der Waals surface area contributed by atoms with Crippen molar-refractivity contribution >= 4 is 41.7 Å². The molecule has 0 spiro atoms. The van der Waals surface area contributed by atoms with Gasteiger partial charge in [-0.25, -0.2) is 17.2 Å². The second kappa shape index (κ2) is 5.30. The normalized spacial score (nSPS) is 11.6. The third-order valence-electron chi connectivity index (χ3n) is 2.40. The predicted octanol–water partition coefficient (Wildman–Crippen LogP) is 4.32. The number of rotatable bonds is 2. The molecule has 0 atom stereocenters. The van der Waals surface area contributed by atoms with Gasteiger partial charge in [0.15, 0.2) is 0 Å². The van der Waals surface area contributed by atoms with Gasteiger partial charge in [-0.2, -0.15) is 0 Å². The van der Waals surface area contributed by atoms with Crippen LogP contribution in [0.2, 0.25) is 0 Å². The van der Waals surface area contributed by atoms with Crippen molar-refractivity contribution in [1.29, 1.82) is 0 Å². The fourth-order valence-corrected chi connectivity index (χ4v) is 3.80. The molecule has 0 radical (unpaired) electrons. The van der Waals surface area contributed by atoms with E-state index in [1.807, 2.05) is 0 Å². The monoisotopic (exact) mass is 410 g/mol. The maximum Gasteiger partial charge on any atom is 0.206 e. The van der Waals surface area contributed by atoms with Crippen LogP contribution in [0.15, 0.2) is 55.1 Å². The summed E-state index contributed by atoms with van der Waals surface area (Å²) in [5.41, 5.74) is 0. The summed E-state index contributed by atoms with van der Waals surface area (Å²) >= 11 is 5.86. The quantitative estimate of drug-likeness (QED) is 0.689. The summed E-state index contributed by atoms with van der Waals surface area (Å²) in [5, 5.41) is 0. The van der Waals surface area contributed by atoms with E-state index in [-0.39, 0.29) is 18.7 Å². The Morgan fingerprint density at radius 3 is 1.47 bits per heavy atom. The lowest BCUT2D eigenvalue weighted by atomic mass is 10.3. The van der Waals surface area contributed by atoms with Crippen LogP contribution < -0.4 is 0 Å². The molecule has 0 bridgehead atoms. The molecule has 7 heteroatoms. The molecule has 0 aliphatic carbocycles. The molecular weight excluding hydrogens is 406 g/mol. The van der Waals surface area contributed by atoms with Crippen LogP contribution in [-0.4, -0.2) is 8.42 Å². The highest BCUT2D eigenvalue weighted by molar-refractivity contribution is 9.10. The molecule has 0 saturated heterocycles. The zero-order chi connectivity index (χ0) is 14.2. The minimum Gasteiger partial charge on any atom is -0.219 e. The highest BCUT2D eigenvalue weighted by Crippen LogP contribution is 2.27. The Kier molecular flexibility index (Phi) is 4.08. The molecule has 0 amide bonds. The van der Waals surface area contributed by atoms with Crippen molar-refractivity contribution in [3.8, 4) is 0 Å². The summed E-state index contributed by atoms with van der Waals surface area (Å²) in [7, 11) is -3.81. The Morgan fingerprint density at radius 2 is 1.16 bits per heavy atom. The van der Waals surface area contributed by atoms with E-state index >= 15 is 0 Å². The van der Waals surface area contributed by atoms with E-state index in [9.17, 15) is 17.2 Å². The average molecular weight is 412 g/mol.